The fraction of sp³-hybridized carbons (Fsp3) is 0.722. The summed E-state index contributed by atoms with van der Waals surface area (Å²) in [6, 6.07) is -0.452. The van der Waals surface area contributed by atoms with Gasteiger partial charge in [0, 0.05) is 38.9 Å². The SMILES string of the molecule is CCN(CC)S(=O)(=O)N1CCC[C@@H]1c1nc(C)ncc1C(=O)N1CCOCC1. The van der Waals surface area contributed by atoms with Gasteiger partial charge in [-0.25, -0.2) is 9.97 Å². The van der Waals surface area contributed by atoms with Crippen LogP contribution in [0.1, 0.15) is 54.6 Å². The highest BCUT2D eigenvalue weighted by molar-refractivity contribution is 7.86. The van der Waals surface area contributed by atoms with Crippen molar-refractivity contribution in [2.75, 3.05) is 45.9 Å². The van der Waals surface area contributed by atoms with E-state index in [0.717, 1.165) is 6.42 Å². The Morgan fingerprint density at radius 3 is 2.57 bits per heavy atom. The van der Waals surface area contributed by atoms with E-state index in [4.69, 9.17) is 4.74 Å². The first-order valence-corrected chi connectivity index (χ1v) is 11.3. The number of carbonyl (C=O) groups excluding carboxylic acids is 1. The van der Waals surface area contributed by atoms with Crippen LogP contribution >= 0.6 is 0 Å². The van der Waals surface area contributed by atoms with Gasteiger partial charge in [0.05, 0.1) is 30.5 Å². The van der Waals surface area contributed by atoms with Gasteiger partial charge in [0.15, 0.2) is 0 Å². The summed E-state index contributed by atoms with van der Waals surface area (Å²) < 4.78 is 34.6. The van der Waals surface area contributed by atoms with E-state index < -0.39 is 16.3 Å². The van der Waals surface area contributed by atoms with E-state index in [1.807, 2.05) is 13.8 Å². The highest BCUT2D eigenvalue weighted by atomic mass is 32.2. The first kappa shape index (κ1) is 21.1. The lowest BCUT2D eigenvalue weighted by Crippen LogP contribution is -2.44. The number of nitrogens with zero attached hydrogens (tertiary/aromatic N) is 5. The Balaban J connectivity index is 1.97. The van der Waals surface area contributed by atoms with Gasteiger partial charge in [-0.1, -0.05) is 13.8 Å². The van der Waals surface area contributed by atoms with Gasteiger partial charge in [-0.15, -0.1) is 0 Å². The topological polar surface area (TPSA) is 95.9 Å². The van der Waals surface area contributed by atoms with Crippen molar-refractivity contribution in [1.82, 2.24) is 23.5 Å². The fourth-order valence-electron chi connectivity index (χ4n) is 3.83. The number of ether oxygens (including phenoxy) is 1. The van der Waals surface area contributed by atoms with Crippen LogP contribution in [0.3, 0.4) is 0 Å². The van der Waals surface area contributed by atoms with Crippen molar-refractivity contribution in [2.45, 2.75) is 39.7 Å². The van der Waals surface area contributed by atoms with Gasteiger partial charge < -0.3 is 9.64 Å². The maximum absolute atomic E-state index is 13.1. The summed E-state index contributed by atoms with van der Waals surface area (Å²) in [5.74, 6) is 0.367. The monoisotopic (exact) mass is 411 g/mol. The van der Waals surface area contributed by atoms with E-state index in [-0.39, 0.29) is 5.91 Å². The Labute approximate surface area is 166 Å². The van der Waals surface area contributed by atoms with Crippen molar-refractivity contribution in [3.05, 3.63) is 23.3 Å². The number of hydrogen-bond donors (Lipinski definition) is 0. The van der Waals surface area contributed by atoms with Crippen molar-refractivity contribution in [3.63, 3.8) is 0 Å². The number of hydrogen-bond acceptors (Lipinski definition) is 6. The number of rotatable bonds is 6. The summed E-state index contributed by atoms with van der Waals surface area (Å²) in [7, 11) is -3.62. The normalized spacial score (nSPS) is 21.4. The number of carbonyl (C=O) groups is 1. The average molecular weight is 412 g/mol. The second-order valence-electron chi connectivity index (χ2n) is 6.98. The summed E-state index contributed by atoms with van der Waals surface area (Å²) in [6.45, 7) is 8.68. The van der Waals surface area contributed by atoms with Crippen LogP contribution in [0.2, 0.25) is 0 Å². The molecule has 2 aliphatic heterocycles. The van der Waals surface area contributed by atoms with E-state index in [1.165, 1.54) is 14.8 Å². The van der Waals surface area contributed by atoms with Crippen LogP contribution in [-0.2, 0) is 14.9 Å². The number of amides is 1. The van der Waals surface area contributed by atoms with Crippen LogP contribution in [-0.4, -0.2) is 83.7 Å². The predicted octanol–water partition coefficient (Wildman–Crippen LogP) is 0.981. The van der Waals surface area contributed by atoms with E-state index >= 15 is 0 Å². The Morgan fingerprint density at radius 1 is 1.25 bits per heavy atom. The minimum absolute atomic E-state index is 0.162. The third-order valence-corrected chi connectivity index (χ3v) is 7.51. The molecule has 156 valence electrons. The van der Waals surface area contributed by atoms with E-state index in [9.17, 15) is 13.2 Å². The molecular weight excluding hydrogens is 382 g/mol. The molecule has 1 atom stereocenters. The molecule has 0 N–H and O–H groups in total. The van der Waals surface area contributed by atoms with Crippen LogP contribution in [0.4, 0.5) is 0 Å². The van der Waals surface area contributed by atoms with Gasteiger partial charge in [-0.05, 0) is 19.8 Å². The lowest BCUT2D eigenvalue weighted by molar-refractivity contribution is 0.0300. The third kappa shape index (κ3) is 4.05. The maximum atomic E-state index is 13.1. The maximum Gasteiger partial charge on any atom is 0.282 e. The summed E-state index contributed by atoms with van der Waals surface area (Å²) in [6.07, 6.45) is 2.91. The minimum atomic E-state index is -3.62. The number of aromatic nitrogens is 2. The zero-order chi connectivity index (χ0) is 20.3. The van der Waals surface area contributed by atoms with Crippen LogP contribution in [0, 0.1) is 6.92 Å². The van der Waals surface area contributed by atoms with Gasteiger partial charge in [-0.3, -0.25) is 4.79 Å². The van der Waals surface area contributed by atoms with Crippen molar-refractivity contribution in [3.8, 4) is 0 Å². The van der Waals surface area contributed by atoms with Gasteiger partial charge in [0.25, 0.3) is 16.1 Å². The number of morpholine rings is 1. The first-order valence-electron chi connectivity index (χ1n) is 9.87. The largest absolute Gasteiger partial charge is 0.378 e. The Kier molecular flexibility index (Phi) is 6.64. The van der Waals surface area contributed by atoms with Crippen LogP contribution < -0.4 is 0 Å². The fourth-order valence-corrected chi connectivity index (χ4v) is 5.67. The van der Waals surface area contributed by atoms with Crippen LogP contribution in [0.5, 0.6) is 0 Å². The van der Waals surface area contributed by atoms with Crippen molar-refractivity contribution in [2.24, 2.45) is 0 Å². The molecule has 0 saturated carbocycles. The van der Waals surface area contributed by atoms with Crippen molar-refractivity contribution in [1.29, 1.82) is 0 Å². The van der Waals surface area contributed by atoms with Gasteiger partial charge >= 0.3 is 0 Å². The van der Waals surface area contributed by atoms with Crippen molar-refractivity contribution >= 4 is 16.1 Å². The number of aryl methyl sites for hydroxylation is 1. The molecule has 0 aromatic carbocycles. The van der Waals surface area contributed by atoms with Gasteiger partial charge in [0.1, 0.15) is 5.82 Å². The zero-order valence-electron chi connectivity index (χ0n) is 16.8. The Hall–Kier alpha value is -1.62. The molecule has 0 unspecified atom stereocenters. The average Bonchev–Trinajstić information content (AvgIpc) is 3.19. The smallest absolute Gasteiger partial charge is 0.282 e. The summed E-state index contributed by atoms with van der Waals surface area (Å²) in [5.41, 5.74) is 0.899. The van der Waals surface area contributed by atoms with E-state index in [2.05, 4.69) is 9.97 Å². The minimum Gasteiger partial charge on any atom is -0.378 e. The predicted molar refractivity (Wildman–Crippen MR) is 104 cm³/mol. The Morgan fingerprint density at radius 2 is 1.93 bits per heavy atom. The second-order valence-corrected chi connectivity index (χ2v) is 8.86. The molecule has 1 aromatic rings. The highest BCUT2D eigenvalue weighted by Gasteiger charge is 2.40. The molecule has 28 heavy (non-hydrogen) atoms. The quantitative estimate of drug-likeness (QED) is 0.692. The van der Waals surface area contributed by atoms with E-state index in [1.54, 1.807) is 11.8 Å². The van der Waals surface area contributed by atoms with Crippen LogP contribution in [0.25, 0.3) is 0 Å². The van der Waals surface area contributed by atoms with Crippen LogP contribution in [0.15, 0.2) is 6.20 Å². The molecule has 9 nitrogen and oxygen atoms in total. The zero-order valence-corrected chi connectivity index (χ0v) is 17.6. The second kappa shape index (κ2) is 8.81. The van der Waals surface area contributed by atoms with Gasteiger partial charge in [0.2, 0.25) is 0 Å². The Bertz CT molecular complexity index is 806. The summed E-state index contributed by atoms with van der Waals surface area (Å²) >= 11 is 0. The molecule has 2 fully saturated rings. The molecule has 10 heteroatoms. The molecule has 0 aliphatic carbocycles. The van der Waals surface area contributed by atoms with Gasteiger partial charge in [-0.2, -0.15) is 17.0 Å². The molecule has 1 aromatic heterocycles. The highest BCUT2D eigenvalue weighted by Crippen LogP contribution is 2.36. The molecule has 0 bridgehead atoms. The lowest BCUT2D eigenvalue weighted by Gasteiger charge is -2.31. The third-order valence-electron chi connectivity index (χ3n) is 5.31. The molecule has 2 saturated heterocycles. The first-order chi connectivity index (χ1) is 13.4. The molecule has 3 rings (SSSR count). The lowest BCUT2D eigenvalue weighted by atomic mass is 10.1. The molecular formula is C18H29N5O4S. The molecule has 2 aliphatic rings. The van der Waals surface area contributed by atoms with E-state index in [0.29, 0.717) is 69.4 Å². The summed E-state index contributed by atoms with van der Waals surface area (Å²) in [4.78, 5) is 23.6. The molecule has 1 amide bonds. The van der Waals surface area contributed by atoms with Crippen molar-refractivity contribution < 1.29 is 17.9 Å². The summed E-state index contributed by atoms with van der Waals surface area (Å²) in [5, 5.41) is 0. The molecule has 3 heterocycles. The standard InChI is InChI=1S/C18H29N5O4S/c1-4-22(5-2)28(25,26)23-8-6-7-16(23)17-15(13-19-14(3)20-17)18(24)21-9-11-27-12-10-21/h13,16H,4-12H2,1-3H3/t16-/m1/s1. The molecule has 0 spiro atoms. The molecule has 0 radical (unpaired) electrons.